The molecule has 0 fully saturated rings. The second kappa shape index (κ2) is 5.66. The number of nitro groups is 1. The molecule has 0 aliphatic carbocycles. The van der Waals surface area contributed by atoms with Gasteiger partial charge in [0.2, 0.25) is 0 Å². The summed E-state index contributed by atoms with van der Waals surface area (Å²) in [6, 6.07) is 5.81. The molecule has 2 aromatic rings. The maximum Gasteiger partial charge on any atom is 0.287 e. The third kappa shape index (κ3) is 3.02. The molecule has 2 N–H and O–H groups in total. The van der Waals surface area contributed by atoms with Crippen molar-refractivity contribution in [1.29, 1.82) is 0 Å². The maximum atomic E-state index is 12.2. The van der Waals surface area contributed by atoms with Gasteiger partial charge >= 0.3 is 0 Å². The van der Waals surface area contributed by atoms with E-state index in [4.69, 9.17) is 0 Å². The Balaban J connectivity index is 2.29. The number of aromatic hydroxyl groups is 1. The lowest BCUT2D eigenvalue weighted by Gasteiger charge is -2.09. The summed E-state index contributed by atoms with van der Waals surface area (Å²) in [6.07, 6.45) is 1.33. The van der Waals surface area contributed by atoms with Crippen LogP contribution < -0.4 is 5.32 Å². The van der Waals surface area contributed by atoms with Gasteiger partial charge < -0.3 is 15.0 Å². The van der Waals surface area contributed by atoms with Gasteiger partial charge in [0.15, 0.2) is 0 Å². The van der Waals surface area contributed by atoms with Crippen LogP contribution in [0.3, 0.4) is 0 Å². The molecule has 7 heteroatoms. The van der Waals surface area contributed by atoms with Gasteiger partial charge in [-0.05, 0) is 37.6 Å². The molecular weight excluding hydrogens is 274 g/mol. The highest BCUT2D eigenvalue weighted by molar-refractivity contribution is 6.04. The summed E-state index contributed by atoms with van der Waals surface area (Å²) in [5.74, 6) is -0.322. The van der Waals surface area contributed by atoms with Crippen LogP contribution >= 0.6 is 0 Å². The van der Waals surface area contributed by atoms with E-state index in [0.717, 1.165) is 0 Å². The van der Waals surface area contributed by atoms with Crippen molar-refractivity contribution in [3.8, 4) is 5.75 Å². The number of phenols is 1. The van der Waals surface area contributed by atoms with E-state index in [1.807, 2.05) is 0 Å². The van der Waals surface area contributed by atoms with E-state index in [9.17, 15) is 20.0 Å². The number of aryl methyl sites for hydroxylation is 2. The lowest BCUT2D eigenvalue weighted by molar-refractivity contribution is -0.384. The molecule has 0 atom stereocenters. The highest BCUT2D eigenvalue weighted by Crippen LogP contribution is 2.22. The van der Waals surface area contributed by atoms with E-state index >= 15 is 0 Å². The van der Waals surface area contributed by atoms with Gasteiger partial charge in [-0.25, -0.2) is 0 Å². The molecule has 0 unspecified atom stereocenters. The molecule has 0 aliphatic rings. The molecular formula is C14H15N3O4. The fourth-order valence-electron chi connectivity index (χ4n) is 2.02. The molecule has 21 heavy (non-hydrogen) atoms. The van der Waals surface area contributed by atoms with Crippen molar-refractivity contribution < 1.29 is 14.8 Å². The number of amides is 1. The van der Waals surface area contributed by atoms with Crippen LogP contribution in [0.15, 0.2) is 30.5 Å². The van der Waals surface area contributed by atoms with E-state index < -0.39 is 10.8 Å². The van der Waals surface area contributed by atoms with Crippen molar-refractivity contribution in [3.05, 3.63) is 51.8 Å². The normalized spacial score (nSPS) is 10.4. The van der Waals surface area contributed by atoms with E-state index in [2.05, 4.69) is 5.32 Å². The maximum absolute atomic E-state index is 12.2. The largest absolute Gasteiger partial charge is 0.508 e. The zero-order valence-corrected chi connectivity index (χ0v) is 11.7. The van der Waals surface area contributed by atoms with Crippen LogP contribution in [0.4, 0.5) is 11.4 Å². The van der Waals surface area contributed by atoms with Crippen LogP contribution in [0, 0.1) is 17.0 Å². The van der Waals surface area contributed by atoms with Crippen LogP contribution in [-0.4, -0.2) is 20.5 Å². The fourth-order valence-corrected chi connectivity index (χ4v) is 2.02. The molecule has 7 nitrogen and oxygen atoms in total. The van der Waals surface area contributed by atoms with Crippen LogP contribution in [0.1, 0.15) is 23.0 Å². The Hall–Kier alpha value is -2.83. The van der Waals surface area contributed by atoms with Gasteiger partial charge in [0.1, 0.15) is 11.4 Å². The van der Waals surface area contributed by atoms with Crippen molar-refractivity contribution in [2.45, 2.75) is 20.4 Å². The average Bonchev–Trinajstić information content (AvgIpc) is 2.86. The van der Waals surface area contributed by atoms with Gasteiger partial charge in [0.25, 0.3) is 11.6 Å². The summed E-state index contributed by atoms with van der Waals surface area (Å²) >= 11 is 0. The summed E-state index contributed by atoms with van der Waals surface area (Å²) in [6.45, 7) is 3.99. The molecule has 0 radical (unpaired) electrons. The van der Waals surface area contributed by atoms with Crippen molar-refractivity contribution in [3.63, 3.8) is 0 Å². The average molecular weight is 289 g/mol. The molecule has 2 rings (SSSR count). The predicted octanol–water partition coefficient (Wildman–Crippen LogP) is 2.68. The standard InChI is InChI=1S/C14H15N3O4/c1-3-16-8-10(17(20)21)7-13(16)14(19)15-12-5-4-11(18)6-9(12)2/h4-8,18H,3H2,1-2H3,(H,15,19). The zero-order chi connectivity index (χ0) is 15.6. The molecule has 1 amide bonds. The molecule has 0 spiro atoms. The molecule has 0 aliphatic heterocycles. The number of phenolic OH excluding ortho intramolecular Hbond substituents is 1. The molecule has 0 saturated heterocycles. The Kier molecular flexibility index (Phi) is 3.93. The minimum Gasteiger partial charge on any atom is -0.508 e. The lowest BCUT2D eigenvalue weighted by atomic mass is 10.2. The number of hydrogen-bond acceptors (Lipinski definition) is 4. The van der Waals surface area contributed by atoms with Crippen molar-refractivity contribution >= 4 is 17.3 Å². The van der Waals surface area contributed by atoms with E-state index in [1.165, 1.54) is 29.0 Å². The number of benzene rings is 1. The molecule has 1 aromatic heterocycles. The Labute approximate surface area is 121 Å². The first kappa shape index (κ1) is 14.6. The number of hydrogen-bond donors (Lipinski definition) is 2. The van der Waals surface area contributed by atoms with Crippen LogP contribution in [0.2, 0.25) is 0 Å². The topological polar surface area (TPSA) is 97.4 Å². The second-order valence-corrected chi connectivity index (χ2v) is 4.58. The van der Waals surface area contributed by atoms with E-state index in [-0.39, 0.29) is 17.1 Å². The Bertz CT molecular complexity index is 706. The summed E-state index contributed by atoms with van der Waals surface area (Å²) in [5, 5.41) is 22.8. The van der Waals surface area contributed by atoms with Crippen molar-refractivity contribution in [1.82, 2.24) is 4.57 Å². The van der Waals surface area contributed by atoms with Gasteiger partial charge in [-0.1, -0.05) is 0 Å². The van der Waals surface area contributed by atoms with Crippen LogP contribution in [0.5, 0.6) is 5.75 Å². The van der Waals surface area contributed by atoms with Gasteiger partial charge in [-0.2, -0.15) is 0 Å². The van der Waals surface area contributed by atoms with Gasteiger partial charge in [-0.15, -0.1) is 0 Å². The predicted molar refractivity (Wildman–Crippen MR) is 77.6 cm³/mol. The van der Waals surface area contributed by atoms with Gasteiger partial charge in [0.05, 0.1) is 11.1 Å². The van der Waals surface area contributed by atoms with Gasteiger partial charge in [0, 0.05) is 18.3 Å². The summed E-state index contributed by atoms with van der Waals surface area (Å²) in [5.41, 5.74) is 1.35. The minimum absolute atomic E-state index is 0.109. The Morgan fingerprint density at radius 2 is 2.14 bits per heavy atom. The van der Waals surface area contributed by atoms with Crippen LogP contribution in [-0.2, 0) is 6.54 Å². The molecule has 1 aromatic carbocycles. The van der Waals surface area contributed by atoms with E-state index in [0.29, 0.717) is 17.8 Å². The molecule has 0 bridgehead atoms. The summed E-state index contributed by atoms with van der Waals surface area (Å²) < 4.78 is 1.52. The lowest BCUT2D eigenvalue weighted by Crippen LogP contribution is -2.16. The zero-order valence-electron chi connectivity index (χ0n) is 11.7. The quantitative estimate of drug-likeness (QED) is 0.513. The Morgan fingerprint density at radius 1 is 1.43 bits per heavy atom. The SMILES string of the molecule is CCn1cc([N+](=O)[O-])cc1C(=O)Nc1ccc(O)cc1C. The number of carbonyl (C=O) groups excluding carboxylic acids is 1. The van der Waals surface area contributed by atoms with Crippen molar-refractivity contribution in [2.75, 3.05) is 5.32 Å². The number of aromatic nitrogens is 1. The number of anilines is 1. The smallest absolute Gasteiger partial charge is 0.287 e. The first-order valence-corrected chi connectivity index (χ1v) is 6.38. The fraction of sp³-hybridized carbons (Fsp3) is 0.214. The van der Waals surface area contributed by atoms with E-state index in [1.54, 1.807) is 19.9 Å². The third-order valence-corrected chi connectivity index (χ3v) is 3.12. The number of nitrogens with one attached hydrogen (secondary N) is 1. The Morgan fingerprint density at radius 3 is 2.71 bits per heavy atom. The molecule has 1 heterocycles. The molecule has 110 valence electrons. The summed E-state index contributed by atoms with van der Waals surface area (Å²) in [4.78, 5) is 22.5. The first-order valence-electron chi connectivity index (χ1n) is 6.38. The number of rotatable bonds is 4. The van der Waals surface area contributed by atoms with Gasteiger partial charge in [-0.3, -0.25) is 14.9 Å². The van der Waals surface area contributed by atoms with Crippen LogP contribution in [0.25, 0.3) is 0 Å². The molecule has 0 saturated carbocycles. The minimum atomic E-state index is -0.533. The highest BCUT2D eigenvalue weighted by atomic mass is 16.6. The monoisotopic (exact) mass is 289 g/mol. The first-order chi connectivity index (χ1) is 9.92. The van der Waals surface area contributed by atoms with Crippen molar-refractivity contribution in [2.24, 2.45) is 0 Å². The number of nitrogens with zero attached hydrogens (tertiary/aromatic N) is 2. The second-order valence-electron chi connectivity index (χ2n) is 4.58. The highest BCUT2D eigenvalue weighted by Gasteiger charge is 2.19. The third-order valence-electron chi connectivity index (χ3n) is 3.12. The number of carbonyl (C=O) groups is 1. The summed E-state index contributed by atoms with van der Waals surface area (Å²) in [7, 11) is 0.